The molecule has 1 fully saturated rings. The summed E-state index contributed by atoms with van der Waals surface area (Å²) in [5.74, 6) is -1.01. The molecule has 3 aliphatic carbocycles. The van der Waals surface area contributed by atoms with E-state index in [4.69, 9.17) is 5.11 Å². The van der Waals surface area contributed by atoms with Crippen molar-refractivity contribution in [2.24, 2.45) is 16.7 Å². The van der Waals surface area contributed by atoms with Crippen LogP contribution >= 0.6 is 0 Å². The lowest BCUT2D eigenvalue weighted by Crippen LogP contribution is -2.22. The Kier molecular flexibility index (Phi) is 0.981. The summed E-state index contributed by atoms with van der Waals surface area (Å²) >= 11 is 0. The van der Waals surface area contributed by atoms with Crippen molar-refractivity contribution < 1.29 is 9.90 Å². The molecule has 2 nitrogen and oxygen atoms in total. The molecule has 1 saturated carbocycles. The van der Waals surface area contributed by atoms with Crippen LogP contribution in [0.25, 0.3) is 0 Å². The number of aliphatic carboxylic acids is 1. The van der Waals surface area contributed by atoms with E-state index >= 15 is 0 Å². The van der Waals surface area contributed by atoms with Gasteiger partial charge in [-0.05, 0) is 6.42 Å². The fourth-order valence-corrected chi connectivity index (χ4v) is 2.84. The van der Waals surface area contributed by atoms with Crippen molar-refractivity contribution in [1.82, 2.24) is 0 Å². The number of carboxylic acid groups (broad SMARTS) is 1. The van der Waals surface area contributed by atoms with Crippen molar-refractivity contribution >= 4 is 5.97 Å². The molecule has 13 heavy (non-hydrogen) atoms. The van der Waals surface area contributed by atoms with Gasteiger partial charge in [-0.15, -0.1) is 0 Å². The van der Waals surface area contributed by atoms with Crippen LogP contribution in [-0.2, 0) is 4.79 Å². The predicted octanol–water partition coefficient (Wildman–Crippen LogP) is 1.76. The van der Waals surface area contributed by atoms with Gasteiger partial charge in [-0.1, -0.05) is 36.5 Å². The van der Waals surface area contributed by atoms with Crippen LogP contribution in [0.2, 0.25) is 0 Å². The Labute approximate surface area is 76.3 Å². The van der Waals surface area contributed by atoms with Gasteiger partial charge < -0.3 is 5.11 Å². The smallest absolute Gasteiger partial charge is 0.311 e. The Hall–Kier alpha value is -1.31. The van der Waals surface area contributed by atoms with E-state index < -0.39 is 5.97 Å². The first-order valence-corrected chi connectivity index (χ1v) is 4.49. The third-order valence-electron chi connectivity index (χ3n) is 3.63. The van der Waals surface area contributed by atoms with E-state index in [2.05, 4.69) is 18.2 Å². The van der Waals surface area contributed by atoms with E-state index in [-0.39, 0.29) is 16.7 Å². The second-order valence-corrected chi connectivity index (χ2v) is 4.15. The summed E-state index contributed by atoms with van der Waals surface area (Å²) in [7, 11) is 0. The van der Waals surface area contributed by atoms with Crippen molar-refractivity contribution in [2.75, 3.05) is 0 Å². The summed E-state index contributed by atoms with van der Waals surface area (Å²) in [6.07, 6.45) is 13.0. The molecule has 0 bridgehead atoms. The number of allylic oxidation sites excluding steroid dienone is 5. The molecular weight excluding hydrogens is 164 g/mol. The molecule has 3 rings (SSSR count). The summed E-state index contributed by atoms with van der Waals surface area (Å²) in [6, 6.07) is 0. The predicted molar refractivity (Wildman–Crippen MR) is 48.0 cm³/mol. The molecule has 1 N–H and O–H groups in total. The normalized spacial score (nSPS) is 48.8. The first-order chi connectivity index (χ1) is 6.20. The minimum absolute atomic E-state index is 0.0603. The van der Waals surface area contributed by atoms with E-state index in [1.807, 2.05) is 18.2 Å². The SMILES string of the molecule is O=C(O)C1C=CC23C=CC=CC12C3. The maximum atomic E-state index is 11.0. The van der Waals surface area contributed by atoms with Gasteiger partial charge in [-0.3, -0.25) is 4.79 Å². The molecule has 0 spiro atoms. The summed E-state index contributed by atoms with van der Waals surface area (Å²) < 4.78 is 0. The molecular formula is C11H10O2. The molecule has 0 aromatic carbocycles. The van der Waals surface area contributed by atoms with Gasteiger partial charge in [0.15, 0.2) is 0 Å². The lowest BCUT2D eigenvalue weighted by atomic mass is 9.84. The molecule has 3 unspecified atom stereocenters. The van der Waals surface area contributed by atoms with Crippen LogP contribution in [0.3, 0.4) is 0 Å². The average molecular weight is 174 g/mol. The second kappa shape index (κ2) is 1.79. The minimum Gasteiger partial charge on any atom is -0.481 e. The van der Waals surface area contributed by atoms with Crippen molar-refractivity contribution in [1.29, 1.82) is 0 Å². The summed E-state index contributed by atoms with van der Waals surface area (Å²) in [4.78, 5) is 11.0. The standard InChI is InChI=1S/C11H10O2/c12-9(13)8-3-6-10-4-1-2-5-11(8,10)7-10/h1-6,8H,7H2,(H,12,13). The molecule has 0 amide bonds. The zero-order valence-corrected chi connectivity index (χ0v) is 7.10. The van der Waals surface area contributed by atoms with Crippen LogP contribution in [0.15, 0.2) is 36.5 Å². The first-order valence-electron chi connectivity index (χ1n) is 4.49. The topological polar surface area (TPSA) is 37.3 Å². The monoisotopic (exact) mass is 174 g/mol. The number of hydrogen-bond acceptors (Lipinski definition) is 1. The fourth-order valence-electron chi connectivity index (χ4n) is 2.84. The first kappa shape index (κ1) is 7.13. The maximum absolute atomic E-state index is 11.0. The van der Waals surface area contributed by atoms with Crippen molar-refractivity contribution in [3.63, 3.8) is 0 Å². The molecule has 0 aliphatic heterocycles. The zero-order chi connectivity index (χ0) is 9.10. The molecule has 2 heteroatoms. The average Bonchev–Trinajstić information content (AvgIpc) is 2.65. The summed E-state index contributed by atoms with van der Waals surface area (Å²) in [5.41, 5.74) is -0.0433. The number of hydrogen-bond donors (Lipinski definition) is 1. The fraction of sp³-hybridized carbons (Fsp3) is 0.364. The van der Waals surface area contributed by atoms with Crippen LogP contribution < -0.4 is 0 Å². The molecule has 66 valence electrons. The molecule has 0 radical (unpaired) electrons. The van der Waals surface area contributed by atoms with Crippen molar-refractivity contribution in [3.05, 3.63) is 36.5 Å². The van der Waals surface area contributed by atoms with Crippen molar-refractivity contribution in [2.45, 2.75) is 6.42 Å². The van der Waals surface area contributed by atoms with Crippen LogP contribution in [0, 0.1) is 16.7 Å². The Balaban J connectivity index is 2.09. The largest absolute Gasteiger partial charge is 0.481 e. The van der Waals surface area contributed by atoms with Gasteiger partial charge in [0, 0.05) is 10.8 Å². The Morgan fingerprint density at radius 3 is 2.85 bits per heavy atom. The maximum Gasteiger partial charge on any atom is 0.311 e. The third kappa shape index (κ3) is 0.600. The highest BCUT2D eigenvalue weighted by Crippen LogP contribution is 2.75. The van der Waals surface area contributed by atoms with Crippen LogP contribution in [0.1, 0.15) is 6.42 Å². The molecule has 0 saturated heterocycles. The number of carboxylic acids is 1. The minimum atomic E-state index is -0.699. The molecule has 0 aromatic heterocycles. The lowest BCUT2D eigenvalue weighted by Gasteiger charge is -2.18. The van der Waals surface area contributed by atoms with E-state index in [0.717, 1.165) is 6.42 Å². The van der Waals surface area contributed by atoms with Gasteiger partial charge in [-0.2, -0.15) is 0 Å². The summed E-state index contributed by atoms with van der Waals surface area (Å²) in [5, 5.41) is 9.03. The van der Waals surface area contributed by atoms with Crippen LogP contribution in [0.4, 0.5) is 0 Å². The highest BCUT2D eigenvalue weighted by atomic mass is 16.4. The highest BCUT2D eigenvalue weighted by Gasteiger charge is 2.71. The van der Waals surface area contributed by atoms with Gasteiger partial charge in [0.25, 0.3) is 0 Å². The molecule has 0 aromatic rings. The summed E-state index contributed by atoms with van der Waals surface area (Å²) in [6.45, 7) is 0. The Morgan fingerprint density at radius 1 is 1.31 bits per heavy atom. The Bertz CT molecular complexity index is 378. The second-order valence-electron chi connectivity index (χ2n) is 4.15. The van der Waals surface area contributed by atoms with Crippen molar-refractivity contribution in [3.8, 4) is 0 Å². The number of carbonyl (C=O) groups is 1. The van der Waals surface area contributed by atoms with Crippen LogP contribution in [0.5, 0.6) is 0 Å². The molecule has 3 atom stereocenters. The molecule has 0 heterocycles. The van der Waals surface area contributed by atoms with E-state index in [9.17, 15) is 4.79 Å². The van der Waals surface area contributed by atoms with E-state index in [1.165, 1.54) is 0 Å². The third-order valence-corrected chi connectivity index (χ3v) is 3.63. The molecule has 3 aliphatic rings. The van der Waals surface area contributed by atoms with Gasteiger partial charge in [-0.25, -0.2) is 0 Å². The van der Waals surface area contributed by atoms with Gasteiger partial charge in [0.1, 0.15) is 0 Å². The van der Waals surface area contributed by atoms with E-state index in [0.29, 0.717) is 0 Å². The van der Waals surface area contributed by atoms with Gasteiger partial charge >= 0.3 is 5.97 Å². The van der Waals surface area contributed by atoms with Gasteiger partial charge in [0.2, 0.25) is 0 Å². The van der Waals surface area contributed by atoms with E-state index in [1.54, 1.807) is 0 Å². The highest BCUT2D eigenvalue weighted by molar-refractivity contribution is 5.78. The quantitative estimate of drug-likeness (QED) is 0.615. The number of rotatable bonds is 1. The zero-order valence-electron chi connectivity index (χ0n) is 7.10. The van der Waals surface area contributed by atoms with Gasteiger partial charge in [0.05, 0.1) is 5.92 Å². The van der Waals surface area contributed by atoms with Crippen LogP contribution in [-0.4, -0.2) is 11.1 Å². The Morgan fingerprint density at radius 2 is 2.08 bits per heavy atom. The lowest BCUT2D eigenvalue weighted by molar-refractivity contribution is -0.141.